The van der Waals surface area contributed by atoms with Crippen molar-refractivity contribution in [1.29, 1.82) is 5.26 Å². The van der Waals surface area contributed by atoms with Gasteiger partial charge in [0.05, 0.1) is 24.2 Å². The van der Waals surface area contributed by atoms with Crippen LogP contribution in [0, 0.1) is 11.3 Å². The number of nitriles is 1. The summed E-state index contributed by atoms with van der Waals surface area (Å²) in [5.41, 5.74) is 2.74. The van der Waals surface area contributed by atoms with Gasteiger partial charge in [-0.05, 0) is 67.0 Å². The third-order valence-corrected chi connectivity index (χ3v) is 7.47. The van der Waals surface area contributed by atoms with Crippen LogP contribution in [0.3, 0.4) is 0 Å². The highest BCUT2D eigenvalue weighted by Crippen LogP contribution is 2.47. The first-order valence-electron chi connectivity index (χ1n) is 11.2. The molecule has 1 heterocycles. The van der Waals surface area contributed by atoms with Crippen molar-refractivity contribution in [3.63, 3.8) is 0 Å². The van der Waals surface area contributed by atoms with Gasteiger partial charge >= 0.3 is 0 Å². The average molecular weight is 472 g/mol. The third kappa shape index (κ3) is 4.30. The number of nitrogens with zero attached hydrogens (tertiary/aromatic N) is 1. The zero-order valence-corrected chi connectivity index (χ0v) is 19.8. The molecule has 1 aliphatic carbocycles. The SMILES string of the molecule is COCc1cc(Cl)c(Cc2ccc(C3(C#N)CC3)cc2)cc1[C@]1(C)O[C@H](C)[C@@H](O)[C@H](O)[C@H]1O. The third-order valence-electron chi connectivity index (χ3n) is 7.12. The van der Waals surface area contributed by atoms with Crippen LogP contribution in [0.4, 0.5) is 0 Å². The van der Waals surface area contributed by atoms with Crippen molar-refractivity contribution in [2.24, 2.45) is 0 Å². The first-order chi connectivity index (χ1) is 15.6. The Balaban J connectivity index is 1.69. The van der Waals surface area contributed by atoms with Gasteiger partial charge in [-0.3, -0.25) is 0 Å². The number of ether oxygens (including phenoxy) is 2. The first kappa shape index (κ1) is 24.2. The highest BCUT2D eigenvalue weighted by Gasteiger charge is 2.51. The molecule has 2 aromatic rings. The molecule has 1 saturated heterocycles. The van der Waals surface area contributed by atoms with E-state index in [1.807, 2.05) is 36.4 Å². The van der Waals surface area contributed by atoms with Crippen molar-refractivity contribution in [2.75, 3.05) is 7.11 Å². The van der Waals surface area contributed by atoms with Crippen molar-refractivity contribution in [1.82, 2.24) is 0 Å². The summed E-state index contributed by atoms with van der Waals surface area (Å²) in [6.07, 6.45) is -2.20. The second-order valence-electron chi connectivity index (χ2n) is 9.46. The summed E-state index contributed by atoms with van der Waals surface area (Å²) in [6.45, 7) is 3.63. The number of aliphatic hydroxyl groups is 3. The summed E-state index contributed by atoms with van der Waals surface area (Å²) in [5.74, 6) is 0. The molecule has 1 aliphatic heterocycles. The molecule has 0 amide bonds. The van der Waals surface area contributed by atoms with Gasteiger partial charge in [0.15, 0.2) is 0 Å². The van der Waals surface area contributed by atoms with Gasteiger partial charge in [0.2, 0.25) is 0 Å². The maximum atomic E-state index is 10.9. The van der Waals surface area contributed by atoms with Gasteiger partial charge in [0.25, 0.3) is 0 Å². The van der Waals surface area contributed by atoms with Gasteiger partial charge in [-0.2, -0.15) is 5.26 Å². The van der Waals surface area contributed by atoms with E-state index in [4.69, 9.17) is 21.1 Å². The number of rotatable bonds is 6. The Bertz CT molecular complexity index is 1060. The molecule has 0 bridgehead atoms. The molecular formula is C26H30ClNO5. The maximum Gasteiger partial charge on any atom is 0.120 e. The minimum atomic E-state index is -1.35. The van der Waals surface area contributed by atoms with Crippen LogP contribution in [0.1, 0.15) is 54.5 Å². The van der Waals surface area contributed by atoms with Gasteiger partial charge in [0, 0.05) is 12.1 Å². The van der Waals surface area contributed by atoms with Gasteiger partial charge in [0.1, 0.15) is 23.9 Å². The number of aliphatic hydroxyl groups excluding tert-OH is 3. The smallest absolute Gasteiger partial charge is 0.120 e. The van der Waals surface area contributed by atoms with Gasteiger partial charge in [-0.15, -0.1) is 0 Å². The molecule has 2 aromatic carbocycles. The van der Waals surface area contributed by atoms with E-state index in [9.17, 15) is 20.6 Å². The van der Waals surface area contributed by atoms with Gasteiger partial charge in [-0.25, -0.2) is 0 Å². The van der Waals surface area contributed by atoms with E-state index in [1.54, 1.807) is 21.0 Å². The van der Waals surface area contributed by atoms with Crippen LogP contribution in [0.25, 0.3) is 0 Å². The number of hydrogen-bond acceptors (Lipinski definition) is 6. The van der Waals surface area contributed by atoms with E-state index in [0.717, 1.165) is 35.1 Å². The van der Waals surface area contributed by atoms with Crippen LogP contribution in [0.15, 0.2) is 36.4 Å². The summed E-state index contributed by atoms with van der Waals surface area (Å²) < 4.78 is 11.4. The normalized spacial score (nSPS) is 30.6. The average Bonchev–Trinajstić information content (AvgIpc) is 3.60. The Labute approximate surface area is 199 Å². The lowest BCUT2D eigenvalue weighted by molar-refractivity contribution is -0.263. The van der Waals surface area contributed by atoms with Crippen LogP contribution >= 0.6 is 11.6 Å². The monoisotopic (exact) mass is 471 g/mol. The van der Waals surface area contributed by atoms with Crippen molar-refractivity contribution in [3.8, 4) is 6.07 Å². The van der Waals surface area contributed by atoms with Crippen molar-refractivity contribution in [2.45, 2.75) is 75.1 Å². The Morgan fingerprint density at radius 2 is 1.79 bits per heavy atom. The molecule has 6 nitrogen and oxygen atoms in total. The van der Waals surface area contributed by atoms with E-state index in [1.165, 1.54) is 0 Å². The molecule has 4 rings (SSSR count). The van der Waals surface area contributed by atoms with Crippen molar-refractivity contribution < 1.29 is 24.8 Å². The molecule has 2 fully saturated rings. The first-order valence-corrected chi connectivity index (χ1v) is 11.6. The second kappa shape index (κ2) is 8.99. The lowest BCUT2D eigenvalue weighted by atomic mass is 9.78. The zero-order valence-electron chi connectivity index (χ0n) is 19.1. The van der Waals surface area contributed by atoms with Gasteiger partial charge < -0.3 is 24.8 Å². The largest absolute Gasteiger partial charge is 0.388 e. The molecule has 2 aliphatic rings. The molecule has 33 heavy (non-hydrogen) atoms. The summed E-state index contributed by atoms with van der Waals surface area (Å²) in [7, 11) is 1.57. The van der Waals surface area contributed by atoms with Crippen LogP contribution < -0.4 is 0 Å². The molecule has 0 aromatic heterocycles. The van der Waals surface area contributed by atoms with Crippen molar-refractivity contribution >= 4 is 11.6 Å². The number of methoxy groups -OCH3 is 1. The Morgan fingerprint density at radius 3 is 2.36 bits per heavy atom. The summed E-state index contributed by atoms with van der Waals surface area (Å²) in [4.78, 5) is 0. The summed E-state index contributed by atoms with van der Waals surface area (Å²) in [6, 6.07) is 14.2. The van der Waals surface area contributed by atoms with Gasteiger partial charge in [-0.1, -0.05) is 41.9 Å². The molecule has 0 spiro atoms. The lowest BCUT2D eigenvalue weighted by Crippen LogP contribution is -2.61. The van der Waals surface area contributed by atoms with Crippen molar-refractivity contribution in [3.05, 3.63) is 69.2 Å². The quantitative estimate of drug-likeness (QED) is 0.597. The highest BCUT2D eigenvalue weighted by atomic mass is 35.5. The van der Waals surface area contributed by atoms with E-state index in [2.05, 4.69) is 6.07 Å². The zero-order chi connectivity index (χ0) is 24.0. The van der Waals surface area contributed by atoms with E-state index < -0.39 is 30.0 Å². The van der Waals surface area contributed by atoms with Crippen LogP contribution in [0.2, 0.25) is 5.02 Å². The molecule has 1 saturated carbocycles. The Kier molecular flexibility index (Phi) is 6.58. The maximum absolute atomic E-state index is 10.9. The molecule has 176 valence electrons. The Hall–Kier alpha value is -1.98. The molecular weight excluding hydrogens is 442 g/mol. The fourth-order valence-electron chi connectivity index (χ4n) is 4.82. The van der Waals surface area contributed by atoms with Crippen LogP contribution in [-0.4, -0.2) is 46.8 Å². The number of hydrogen-bond donors (Lipinski definition) is 3. The highest BCUT2D eigenvalue weighted by molar-refractivity contribution is 6.31. The molecule has 0 unspecified atom stereocenters. The topological polar surface area (TPSA) is 103 Å². The van der Waals surface area contributed by atoms with Crippen LogP contribution in [-0.2, 0) is 33.5 Å². The fraction of sp³-hybridized carbons (Fsp3) is 0.500. The standard InChI is InChI=1S/C26H30ClNO5/c1-15-22(29)23(30)24(31)25(2,33-15)20-11-17(21(27)12-18(20)13-32-3)10-16-4-6-19(7-5-16)26(14-28)8-9-26/h4-7,11-12,15,22-24,29-31H,8-10,13H2,1-3H3/t15-,22-,23+,24-,25+/m1/s1. The second-order valence-corrected chi connectivity index (χ2v) is 9.86. The Morgan fingerprint density at radius 1 is 1.12 bits per heavy atom. The number of halogens is 1. The minimum absolute atomic E-state index is 0.249. The molecule has 5 atom stereocenters. The lowest BCUT2D eigenvalue weighted by Gasteiger charge is -2.47. The minimum Gasteiger partial charge on any atom is -0.388 e. The molecule has 7 heteroatoms. The molecule has 3 N–H and O–H groups in total. The summed E-state index contributed by atoms with van der Waals surface area (Å²) in [5, 5.41) is 41.5. The van der Waals surface area contributed by atoms with E-state index in [0.29, 0.717) is 17.0 Å². The fourth-order valence-corrected chi connectivity index (χ4v) is 5.08. The van der Waals surface area contributed by atoms with Crippen LogP contribution in [0.5, 0.6) is 0 Å². The predicted molar refractivity (Wildman–Crippen MR) is 124 cm³/mol. The number of benzene rings is 2. The predicted octanol–water partition coefficient (Wildman–Crippen LogP) is 3.35. The van der Waals surface area contributed by atoms with E-state index in [-0.39, 0.29) is 12.0 Å². The summed E-state index contributed by atoms with van der Waals surface area (Å²) >= 11 is 6.63. The van der Waals surface area contributed by atoms with E-state index >= 15 is 0 Å². The molecule has 0 radical (unpaired) electrons.